The largest absolute Gasteiger partial charge is 0.466 e. The van der Waals surface area contributed by atoms with Gasteiger partial charge in [-0.05, 0) is 24.6 Å². The summed E-state index contributed by atoms with van der Waals surface area (Å²) >= 11 is 0. The number of ether oxygens (including phenoxy) is 1. The van der Waals surface area contributed by atoms with Gasteiger partial charge in [0, 0.05) is 20.0 Å². The zero-order valence-electron chi connectivity index (χ0n) is 12.6. The number of amides is 1. The number of primary sulfonamides is 1. The van der Waals surface area contributed by atoms with Crippen molar-refractivity contribution in [1.82, 2.24) is 4.90 Å². The monoisotopic (exact) mass is 328 g/mol. The van der Waals surface area contributed by atoms with Gasteiger partial charge in [-0.25, -0.2) is 13.6 Å². The summed E-state index contributed by atoms with van der Waals surface area (Å²) < 4.78 is 27.2. The van der Waals surface area contributed by atoms with E-state index in [1.807, 2.05) is 0 Å². The highest BCUT2D eigenvalue weighted by molar-refractivity contribution is 7.89. The lowest BCUT2D eigenvalue weighted by Gasteiger charge is -2.20. The summed E-state index contributed by atoms with van der Waals surface area (Å²) in [6.45, 7) is 3.94. The molecule has 0 radical (unpaired) electrons. The van der Waals surface area contributed by atoms with Crippen LogP contribution in [0.5, 0.6) is 0 Å². The lowest BCUT2D eigenvalue weighted by atomic mass is 10.2. The van der Waals surface area contributed by atoms with Crippen LogP contribution in [0.1, 0.15) is 25.8 Å². The van der Waals surface area contributed by atoms with E-state index in [1.54, 1.807) is 19.1 Å². The number of hydrogen-bond acceptors (Lipinski definition) is 5. The minimum Gasteiger partial charge on any atom is -0.466 e. The highest BCUT2D eigenvalue weighted by Crippen LogP contribution is 2.11. The summed E-state index contributed by atoms with van der Waals surface area (Å²) in [6, 6.07) is 5.93. The third-order valence-electron chi connectivity index (χ3n) is 2.96. The van der Waals surface area contributed by atoms with Gasteiger partial charge in [0.1, 0.15) is 0 Å². The maximum Gasteiger partial charge on any atom is 0.307 e. The van der Waals surface area contributed by atoms with Gasteiger partial charge in [-0.1, -0.05) is 12.1 Å². The molecule has 0 bridgehead atoms. The lowest BCUT2D eigenvalue weighted by molar-refractivity contribution is -0.144. The van der Waals surface area contributed by atoms with Crippen molar-refractivity contribution in [3.8, 4) is 0 Å². The fourth-order valence-electron chi connectivity index (χ4n) is 1.81. The van der Waals surface area contributed by atoms with Gasteiger partial charge >= 0.3 is 5.97 Å². The fraction of sp³-hybridized carbons (Fsp3) is 0.429. The van der Waals surface area contributed by atoms with Gasteiger partial charge in [-0.15, -0.1) is 0 Å². The van der Waals surface area contributed by atoms with Crippen molar-refractivity contribution in [1.29, 1.82) is 0 Å². The SMILES string of the molecule is CCOC(=O)CCN(Cc1ccc(S(N)(=O)=O)cc1)C(C)=O. The van der Waals surface area contributed by atoms with Crippen molar-refractivity contribution < 1.29 is 22.7 Å². The van der Waals surface area contributed by atoms with Gasteiger partial charge in [0.15, 0.2) is 0 Å². The molecule has 122 valence electrons. The summed E-state index contributed by atoms with van der Waals surface area (Å²) in [5.41, 5.74) is 0.742. The average Bonchev–Trinajstić information content (AvgIpc) is 2.43. The van der Waals surface area contributed by atoms with Gasteiger partial charge in [-0.3, -0.25) is 9.59 Å². The third kappa shape index (κ3) is 5.82. The minimum atomic E-state index is -3.73. The van der Waals surface area contributed by atoms with Crippen molar-refractivity contribution in [2.45, 2.75) is 31.7 Å². The predicted octanol–water partition coefficient (Wildman–Crippen LogP) is 0.636. The van der Waals surface area contributed by atoms with Crippen LogP contribution in [0.15, 0.2) is 29.2 Å². The quantitative estimate of drug-likeness (QED) is 0.739. The molecule has 0 spiro atoms. The van der Waals surface area contributed by atoms with E-state index in [0.29, 0.717) is 6.61 Å². The van der Waals surface area contributed by atoms with Crippen LogP contribution in [-0.4, -0.2) is 38.3 Å². The first-order valence-corrected chi connectivity index (χ1v) is 8.31. The Morgan fingerprint density at radius 2 is 1.82 bits per heavy atom. The van der Waals surface area contributed by atoms with Crippen LogP contribution in [0, 0.1) is 0 Å². The number of nitrogens with two attached hydrogens (primary N) is 1. The van der Waals surface area contributed by atoms with Gasteiger partial charge in [0.25, 0.3) is 0 Å². The molecule has 1 aromatic rings. The van der Waals surface area contributed by atoms with Crippen LogP contribution in [0.4, 0.5) is 0 Å². The van der Waals surface area contributed by atoms with Crippen LogP contribution in [0.2, 0.25) is 0 Å². The minimum absolute atomic E-state index is 0.0112. The highest BCUT2D eigenvalue weighted by atomic mass is 32.2. The molecule has 8 heteroatoms. The number of rotatable bonds is 7. The number of nitrogens with zero attached hydrogens (tertiary/aromatic N) is 1. The standard InChI is InChI=1S/C14H20N2O5S/c1-3-21-14(18)8-9-16(11(2)17)10-12-4-6-13(7-5-12)22(15,19)20/h4-7H,3,8-10H2,1-2H3,(H2,15,19,20). The summed E-state index contributed by atoms with van der Waals surface area (Å²) in [5.74, 6) is -0.543. The number of carbonyl (C=O) groups is 2. The number of esters is 1. The van der Waals surface area contributed by atoms with E-state index in [1.165, 1.54) is 24.0 Å². The molecule has 0 saturated heterocycles. The highest BCUT2D eigenvalue weighted by Gasteiger charge is 2.13. The molecule has 0 fully saturated rings. The van der Waals surface area contributed by atoms with Gasteiger partial charge in [0.05, 0.1) is 17.9 Å². The van der Waals surface area contributed by atoms with Gasteiger partial charge in [0.2, 0.25) is 15.9 Å². The smallest absolute Gasteiger partial charge is 0.307 e. The first-order valence-electron chi connectivity index (χ1n) is 6.77. The molecule has 1 rings (SSSR count). The number of hydrogen-bond donors (Lipinski definition) is 1. The fourth-order valence-corrected chi connectivity index (χ4v) is 2.33. The van der Waals surface area contributed by atoms with Crippen molar-refractivity contribution in [2.75, 3.05) is 13.2 Å². The summed E-state index contributed by atoms with van der Waals surface area (Å²) in [5, 5.41) is 5.02. The Balaban J connectivity index is 2.71. The molecule has 1 aromatic carbocycles. The average molecular weight is 328 g/mol. The maximum absolute atomic E-state index is 11.6. The molecule has 0 unspecified atom stereocenters. The van der Waals surface area contributed by atoms with Crippen LogP contribution >= 0.6 is 0 Å². The second-order valence-corrected chi connectivity index (χ2v) is 6.25. The summed E-state index contributed by atoms with van der Waals surface area (Å²) in [4.78, 5) is 24.4. The summed E-state index contributed by atoms with van der Waals surface area (Å²) in [6.07, 6.45) is 0.114. The Morgan fingerprint density at radius 3 is 2.27 bits per heavy atom. The molecule has 0 saturated carbocycles. The van der Waals surface area contributed by atoms with E-state index in [9.17, 15) is 18.0 Å². The Labute approximate surface area is 130 Å². The van der Waals surface area contributed by atoms with Crippen molar-refractivity contribution in [3.05, 3.63) is 29.8 Å². The first kappa shape index (κ1) is 18.1. The third-order valence-corrected chi connectivity index (χ3v) is 3.89. The van der Waals surface area contributed by atoms with E-state index in [2.05, 4.69) is 0 Å². The molecular weight excluding hydrogens is 308 g/mol. The van der Waals surface area contributed by atoms with E-state index in [0.717, 1.165) is 5.56 Å². The lowest BCUT2D eigenvalue weighted by Crippen LogP contribution is -2.30. The Morgan fingerprint density at radius 1 is 1.23 bits per heavy atom. The zero-order valence-corrected chi connectivity index (χ0v) is 13.4. The molecule has 22 heavy (non-hydrogen) atoms. The Hall–Kier alpha value is -1.93. The topological polar surface area (TPSA) is 107 Å². The van der Waals surface area contributed by atoms with Crippen molar-refractivity contribution in [2.24, 2.45) is 5.14 Å². The first-order chi connectivity index (χ1) is 10.2. The van der Waals surface area contributed by atoms with Gasteiger partial charge in [-0.2, -0.15) is 0 Å². The Bertz CT molecular complexity index is 625. The van der Waals surface area contributed by atoms with Crippen LogP contribution < -0.4 is 5.14 Å². The second-order valence-electron chi connectivity index (χ2n) is 4.68. The number of carbonyl (C=O) groups excluding carboxylic acids is 2. The van der Waals surface area contributed by atoms with Crippen LogP contribution in [0.25, 0.3) is 0 Å². The Kier molecular flexibility index (Phi) is 6.51. The molecule has 0 atom stereocenters. The number of sulfonamides is 1. The summed E-state index contributed by atoms with van der Waals surface area (Å²) in [7, 11) is -3.73. The molecule has 0 heterocycles. The molecule has 2 N–H and O–H groups in total. The molecule has 1 amide bonds. The molecule has 0 aliphatic carbocycles. The molecule has 0 aromatic heterocycles. The van der Waals surface area contributed by atoms with Crippen LogP contribution in [0.3, 0.4) is 0 Å². The van der Waals surface area contributed by atoms with E-state index < -0.39 is 10.0 Å². The van der Waals surface area contributed by atoms with E-state index in [-0.39, 0.29) is 36.3 Å². The van der Waals surface area contributed by atoms with E-state index in [4.69, 9.17) is 9.88 Å². The maximum atomic E-state index is 11.6. The van der Waals surface area contributed by atoms with Crippen molar-refractivity contribution in [3.63, 3.8) is 0 Å². The predicted molar refractivity (Wildman–Crippen MR) is 80.2 cm³/mol. The van der Waals surface area contributed by atoms with Gasteiger partial charge < -0.3 is 9.64 Å². The number of benzene rings is 1. The molecule has 0 aliphatic rings. The van der Waals surface area contributed by atoms with Crippen molar-refractivity contribution >= 4 is 21.9 Å². The molecular formula is C14H20N2O5S. The molecule has 7 nitrogen and oxygen atoms in total. The van der Waals surface area contributed by atoms with E-state index >= 15 is 0 Å². The second kappa shape index (κ2) is 7.90. The molecule has 0 aliphatic heterocycles. The normalized spacial score (nSPS) is 11.0. The van der Waals surface area contributed by atoms with Crippen LogP contribution in [-0.2, 0) is 30.9 Å². The zero-order chi connectivity index (χ0) is 16.8.